The molecule has 0 bridgehead atoms. The fraction of sp³-hybridized carbons (Fsp3) is 0.462. The molecule has 98 valence electrons. The maximum absolute atomic E-state index is 11.3. The molecule has 1 aliphatic carbocycles. The first-order valence-electron chi connectivity index (χ1n) is 5.51. The van der Waals surface area contributed by atoms with E-state index in [1.165, 1.54) is 7.11 Å². The highest BCUT2D eigenvalue weighted by Crippen LogP contribution is 2.44. The molecule has 0 saturated heterocycles. The number of carbonyl (C=O) groups is 1. The molecule has 0 heterocycles. The molecule has 0 aliphatic heterocycles. The van der Waals surface area contributed by atoms with Crippen molar-refractivity contribution in [2.75, 3.05) is 14.2 Å². The number of rotatable bonds is 6. The van der Waals surface area contributed by atoms with E-state index in [0.717, 1.165) is 10.6 Å². The minimum Gasteiger partial charge on any atom is -0.469 e. The quantitative estimate of drug-likeness (QED) is 0.461. The summed E-state index contributed by atoms with van der Waals surface area (Å²) in [7, 11) is 6.54. The second-order valence-electron chi connectivity index (χ2n) is 4.27. The zero-order chi connectivity index (χ0) is 13.6. The third-order valence-electron chi connectivity index (χ3n) is 2.17. The lowest BCUT2D eigenvalue weighted by Crippen LogP contribution is -2.20. The number of likely N-dealkylation sites (N-methyl/N-ethyl adjacent to an activating group) is 1. The minimum absolute atomic E-state index is 0.178. The highest BCUT2D eigenvalue weighted by atomic mass is 33.1. The molecule has 0 aromatic heterocycles. The first kappa shape index (κ1) is 15.1. The predicted octanol–water partition coefficient (Wildman–Crippen LogP) is 3.02. The van der Waals surface area contributed by atoms with Crippen molar-refractivity contribution in [3.05, 3.63) is 34.2 Å². The maximum atomic E-state index is 11.3. The molecule has 0 fully saturated rings. The Morgan fingerprint density at radius 2 is 2.28 bits per heavy atom. The first-order valence-corrected chi connectivity index (χ1v) is 7.66. The lowest BCUT2D eigenvalue weighted by Gasteiger charge is -2.22. The average molecular weight is 283 g/mol. The summed E-state index contributed by atoms with van der Waals surface area (Å²) in [5.74, 6) is -0.185. The lowest BCUT2D eigenvalue weighted by atomic mass is 10.1. The number of ether oxygens (including phenoxy) is 1. The fourth-order valence-electron chi connectivity index (χ4n) is 1.24. The smallest absolute Gasteiger partial charge is 0.306 e. The maximum Gasteiger partial charge on any atom is 0.306 e. The van der Waals surface area contributed by atoms with Gasteiger partial charge in [0.05, 0.1) is 18.4 Å². The van der Waals surface area contributed by atoms with E-state index in [0.29, 0.717) is 6.42 Å². The molecular weight excluding hydrogens is 266 g/mol. The number of allylic oxidation sites excluding steroid dienone is 2. The van der Waals surface area contributed by atoms with Crippen molar-refractivity contribution in [2.45, 2.75) is 25.0 Å². The fourth-order valence-corrected chi connectivity index (χ4v) is 3.63. The van der Waals surface area contributed by atoms with Crippen LogP contribution in [0.1, 0.15) is 20.3 Å². The molecule has 0 aromatic carbocycles. The standard InChI is InChI=1S/C13H17NO2S2/c1-13(2,9-12(15)16-4)18-17-11-8-6-5-7-10(11)14-3/h6,8,14H,9H2,1-4H3. The van der Waals surface area contributed by atoms with E-state index in [1.54, 1.807) is 21.6 Å². The third-order valence-corrected chi connectivity index (χ3v) is 5.51. The molecular formula is C13H17NO2S2. The Labute approximate surface area is 116 Å². The van der Waals surface area contributed by atoms with Crippen LogP contribution in [-0.4, -0.2) is 24.9 Å². The van der Waals surface area contributed by atoms with Crippen LogP contribution in [0.4, 0.5) is 0 Å². The number of methoxy groups -OCH3 is 1. The summed E-state index contributed by atoms with van der Waals surface area (Å²) in [6.07, 6.45) is 4.20. The van der Waals surface area contributed by atoms with Gasteiger partial charge in [0.1, 0.15) is 5.70 Å². The predicted molar refractivity (Wildman–Crippen MR) is 78.1 cm³/mol. The van der Waals surface area contributed by atoms with Crippen LogP contribution in [0.25, 0.3) is 0 Å². The summed E-state index contributed by atoms with van der Waals surface area (Å²) in [6, 6.07) is 0. The Morgan fingerprint density at radius 3 is 2.89 bits per heavy atom. The topological polar surface area (TPSA) is 38.3 Å². The molecule has 0 radical (unpaired) electrons. The molecule has 1 rings (SSSR count). The monoisotopic (exact) mass is 283 g/mol. The molecule has 1 aliphatic rings. The lowest BCUT2D eigenvalue weighted by molar-refractivity contribution is -0.141. The van der Waals surface area contributed by atoms with Gasteiger partial charge in [-0.3, -0.25) is 4.79 Å². The van der Waals surface area contributed by atoms with Gasteiger partial charge >= 0.3 is 5.97 Å². The van der Waals surface area contributed by atoms with Gasteiger partial charge in [0.15, 0.2) is 0 Å². The first-order chi connectivity index (χ1) is 8.48. The Balaban J connectivity index is 2.56. The van der Waals surface area contributed by atoms with E-state index in [9.17, 15) is 4.79 Å². The van der Waals surface area contributed by atoms with Gasteiger partial charge in [-0.25, -0.2) is 0 Å². The number of esters is 1. The van der Waals surface area contributed by atoms with Crippen LogP contribution in [0.5, 0.6) is 0 Å². The highest BCUT2D eigenvalue weighted by Gasteiger charge is 2.24. The van der Waals surface area contributed by atoms with E-state index in [4.69, 9.17) is 4.74 Å². The van der Waals surface area contributed by atoms with Crippen LogP contribution in [0.15, 0.2) is 34.2 Å². The van der Waals surface area contributed by atoms with E-state index < -0.39 is 0 Å². The number of carbonyl (C=O) groups excluding carboxylic acids is 1. The van der Waals surface area contributed by atoms with Gasteiger partial charge in [0.25, 0.3) is 0 Å². The SMILES string of the molecule is CNC1=C=C=CC=C1SSC(C)(C)CC(=O)OC. The van der Waals surface area contributed by atoms with Crippen LogP contribution in [0.3, 0.4) is 0 Å². The Bertz CT molecular complexity index is 454. The summed E-state index contributed by atoms with van der Waals surface area (Å²) < 4.78 is 4.52. The second-order valence-corrected chi connectivity index (χ2v) is 7.15. The summed E-state index contributed by atoms with van der Waals surface area (Å²) in [4.78, 5) is 12.4. The zero-order valence-electron chi connectivity index (χ0n) is 11.0. The van der Waals surface area contributed by atoms with Gasteiger partial charge in [0.2, 0.25) is 0 Å². The highest BCUT2D eigenvalue weighted by molar-refractivity contribution is 8.78. The van der Waals surface area contributed by atoms with Crippen molar-refractivity contribution in [1.29, 1.82) is 0 Å². The Morgan fingerprint density at radius 1 is 1.56 bits per heavy atom. The van der Waals surface area contributed by atoms with Crippen molar-refractivity contribution in [3.8, 4) is 0 Å². The summed E-state index contributed by atoms with van der Waals surface area (Å²) in [6.45, 7) is 4.05. The Kier molecular flexibility index (Phi) is 5.70. The summed E-state index contributed by atoms with van der Waals surface area (Å²) in [5.41, 5.74) is 6.84. The van der Waals surface area contributed by atoms with Crippen LogP contribution in [0, 0.1) is 0 Å². The zero-order valence-corrected chi connectivity index (χ0v) is 12.6. The number of hydrogen-bond acceptors (Lipinski definition) is 5. The van der Waals surface area contributed by atoms with E-state index >= 15 is 0 Å². The van der Waals surface area contributed by atoms with Gasteiger partial charge in [-0.05, 0) is 31.7 Å². The molecule has 0 aromatic rings. The van der Waals surface area contributed by atoms with Crippen molar-refractivity contribution >= 4 is 27.6 Å². The molecule has 5 heteroatoms. The summed E-state index contributed by atoms with van der Waals surface area (Å²) >= 11 is 0. The van der Waals surface area contributed by atoms with Crippen molar-refractivity contribution in [1.82, 2.24) is 5.32 Å². The molecule has 0 spiro atoms. The molecule has 18 heavy (non-hydrogen) atoms. The van der Waals surface area contributed by atoms with Crippen LogP contribution < -0.4 is 5.32 Å². The van der Waals surface area contributed by atoms with Crippen molar-refractivity contribution in [2.24, 2.45) is 0 Å². The molecule has 0 saturated carbocycles. The normalized spacial score (nSPS) is 14.0. The van der Waals surface area contributed by atoms with E-state index in [2.05, 4.69) is 16.8 Å². The molecule has 1 N–H and O–H groups in total. The van der Waals surface area contributed by atoms with Gasteiger partial charge < -0.3 is 10.1 Å². The second kappa shape index (κ2) is 6.81. The number of nitrogens with one attached hydrogen (secondary N) is 1. The molecule has 0 atom stereocenters. The molecule has 0 unspecified atom stereocenters. The molecule has 0 amide bonds. The van der Waals surface area contributed by atoms with Crippen molar-refractivity contribution < 1.29 is 9.53 Å². The largest absolute Gasteiger partial charge is 0.469 e. The summed E-state index contributed by atoms with van der Waals surface area (Å²) in [5, 5.41) is 3.07. The van der Waals surface area contributed by atoms with E-state index in [-0.39, 0.29) is 10.7 Å². The van der Waals surface area contributed by atoms with Gasteiger partial charge in [-0.15, -0.1) is 0 Å². The van der Waals surface area contributed by atoms with Crippen LogP contribution >= 0.6 is 21.6 Å². The van der Waals surface area contributed by atoms with Crippen molar-refractivity contribution in [3.63, 3.8) is 0 Å². The minimum atomic E-state index is -0.185. The van der Waals surface area contributed by atoms with Gasteiger partial charge in [0, 0.05) is 11.8 Å². The third kappa shape index (κ3) is 4.71. The average Bonchev–Trinajstić information content (AvgIpc) is 2.36. The van der Waals surface area contributed by atoms with Crippen LogP contribution in [-0.2, 0) is 9.53 Å². The Hall–Kier alpha value is -0.990. The number of hydrogen-bond donors (Lipinski definition) is 1. The van der Waals surface area contributed by atoms with Gasteiger partial charge in [-0.1, -0.05) is 27.3 Å². The van der Waals surface area contributed by atoms with E-state index in [1.807, 2.05) is 33.0 Å². The van der Waals surface area contributed by atoms with Gasteiger partial charge in [-0.2, -0.15) is 0 Å². The van der Waals surface area contributed by atoms with Crippen LogP contribution in [0.2, 0.25) is 0 Å². The molecule has 3 nitrogen and oxygen atoms in total.